The highest BCUT2D eigenvalue weighted by molar-refractivity contribution is 5.86. The fourth-order valence-electron chi connectivity index (χ4n) is 2.40. The largest absolute Gasteiger partial charge is 0.354 e. The van der Waals surface area contributed by atoms with Crippen LogP contribution in [0.15, 0.2) is 0 Å². The van der Waals surface area contributed by atoms with Crippen LogP contribution in [0, 0.1) is 5.92 Å². The van der Waals surface area contributed by atoms with Crippen LogP contribution in [0.3, 0.4) is 0 Å². The van der Waals surface area contributed by atoms with Crippen molar-refractivity contribution in [2.45, 2.75) is 58.4 Å². The Morgan fingerprint density at radius 2 is 2.25 bits per heavy atom. The molecule has 1 rings (SSSR count). The molecule has 0 spiro atoms. The van der Waals surface area contributed by atoms with Crippen molar-refractivity contribution in [2.24, 2.45) is 5.92 Å². The van der Waals surface area contributed by atoms with Crippen LogP contribution in [-0.4, -0.2) is 24.5 Å². The minimum absolute atomic E-state index is 0.215. The Balaban J connectivity index is 2.42. The van der Waals surface area contributed by atoms with E-state index in [2.05, 4.69) is 31.4 Å². The van der Waals surface area contributed by atoms with Crippen LogP contribution in [0.1, 0.15) is 52.9 Å². The van der Waals surface area contributed by atoms with Gasteiger partial charge in [0, 0.05) is 6.54 Å². The molecule has 16 heavy (non-hydrogen) atoms. The molecule has 3 nitrogen and oxygen atoms in total. The van der Waals surface area contributed by atoms with Crippen LogP contribution < -0.4 is 10.6 Å². The maximum absolute atomic E-state index is 12.2. The standard InChI is InChI=1S/C13H26N2O/c1-4-7-13(8-5-9-15-13)12(16)14-10-6-11(2)3/h11,15H,4-10H2,1-3H3,(H,14,16). The molecule has 1 fully saturated rings. The summed E-state index contributed by atoms with van der Waals surface area (Å²) in [6.07, 6.45) is 5.20. The van der Waals surface area contributed by atoms with Gasteiger partial charge in [0.2, 0.25) is 5.91 Å². The average Bonchev–Trinajstić information content (AvgIpc) is 2.67. The van der Waals surface area contributed by atoms with Crippen LogP contribution >= 0.6 is 0 Å². The Morgan fingerprint density at radius 1 is 1.50 bits per heavy atom. The van der Waals surface area contributed by atoms with E-state index in [1.165, 1.54) is 0 Å². The molecule has 1 atom stereocenters. The first-order chi connectivity index (χ1) is 7.60. The number of hydrogen-bond donors (Lipinski definition) is 2. The number of carbonyl (C=O) groups is 1. The van der Waals surface area contributed by atoms with E-state index in [9.17, 15) is 4.79 Å². The van der Waals surface area contributed by atoms with E-state index in [1.54, 1.807) is 0 Å². The normalized spacial score (nSPS) is 25.0. The molecule has 1 aliphatic rings. The lowest BCUT2D eigenvalue weighted by atomic mass is 9.91. The number of rotatable bonds is 6. The third kappa shape index (κ3) is 3.48. The van der Waals surface area contributed by atoms with E-state index in [-0.39, 0.29) is 11.4 Å². The molecule has 1 saturated heterocycles. The maximum Gasteiger partial charge on any atom is 0.240 e. The molecule has 1 aliphatic heterocycles. The summed E-state index contributed by atoms with van der Waals surface area (Å²) in [5, 5.41) is 6.48. The van der Waals surface area contributed by atoms with Gasteiger partial charge in [0.15, 0.2) is 0 Å². The summed E-state index contributed by atoms with van der Waals surface area (Å²) in [6.45, 7) is 8.30. The molecule has 2 N–H and O–H groups in total. The van der Waals surface area contributed by atoms with Crippen molar-refractivity contribution in [3.8, 4) is 0 Å². The van der Waals surface area contributed by atoms with Gasteiger partial charge in [-0.25, -0.2) is 0 Å². The highest BCUT2D eigenvalue weighted by Crippen LogP contribution is 2.24. The SMILES string of the molecule is CCCC1(C(=O)NCCC(C)C)CCCN1. The monoisotopic (exact) mass is 226 g/mol. The fraction of sp³-hybridized carbons (Fsp3) is 0.923. The predicted molar refractivity (Wildman–Crippen MR) is 67.3 cm³/mol. The van der Waals surface area contributed by atoms with Gasteiger partial charge in [0.25, 0.3) is 0 Å². The van der Waals surface area contributed by atoms with E-state index in [1.807, 2.05) is 0 Å². The van der Waals surface area contributed by atoms with Crippen LogP contribution in [0.5, 0.6) is 0 Å². The van der Waals surface area contributed by atoms with Crippen molar-refractivity contribution >= 4 is 5.91 Å². The van der Waals surface area contributed by atoms with Crippen molar-refractivity contribution in [1.29, 1.82) is 0 Å². The predicted octanol–water partition coefficient (Wildman–Crippen LogP) is 2.07. The molecular formula is C13H26N2O. The lowest BCUT2D eigenvalue weighted by molar-refractivity contribution is -0.127. The Kier molecular flexibility index (Phi) is 5.26. The molecule has 94 valence electrons. The lowest BCUT2D eigenvalue weighted by Gasteiger charge is -2.28. The zero-order valence-electron chi connectivity index (χ0n) is 10.9. The van der Waals surface area contributed by atoms with Crippen molar-refractivity contribution < 1.29 is 4.79 Å². The third-order valence-corrected chi connectivity index (χ3v) is 3.36. The number of nitrogens with one attached hydrogen (secondary N) is 2. The van der Waals surface area contributed by atoms with Crippen molar-refractivity contribution in [3.63, 3.8) is 0 Å². The zero-order valence-corrected chi connectivity index (χ0v) is 10.9. The molecule has 0 aromatic carbocycles. The van der Waals surface area contributed by atoms with Gasteiger partial charge < -0.3 is 10.6 Å². The summed E-state index contributed by atoms with van der Waals surface area (Å²) in [5.41, 5.74) is -0.258. The first-order valence-electron chi connectivity index (χ1n) is 6.64. The molecular weight excluding hydrogens is 200 g/mol. The topological polar surface area (TPSA) is 41.1 Å². The minimum atomic E-state index is -0.258. The second kappa shape index (κ2) is 6.24. The van der Waals surface area contributed by atoms with Gasteiger partial charge in [-0.2, -0.15) is 0 Å². The summed E-state index contributed by atoms with van der Waals surface area (Å²) >= 11 is 0. The average molecular weight is 226 g/mol. The van der Waals surface area contributed by atoms with Crippen LogP contribution in [0.4, 0.5) is 0 Å². The molecule has 0 aliphatic carbocycles. The molecule has 3 heteroatoms. The quantitative estimate of drug-likeness (QED) is 0.728. The van der Waals surface area contributed by atoms with E-state index in [0.29, 0.717) is 5.92 Å². The van der Waals surface area contributed by atoms with E-state index in [4.69, 9.17) is 0 Å². The molecule has 1 amide bonds. The summed E-state index contributed by atoms with van der Waals surface area (Å²) in [5.74, 6) is 0.867. The van der Waals surface area contributed by atoms with Crippen LogP contribution in [0.25, 0.3) is 0 Å². The highest BCUT2D eigenvalue weighted by atomic mass is 16.2. The highest BCUT2D eigenvalue weighted by Gasteiger charge is 2.39. The smallest absolute Gasteiger partial charge is 0.240 e. The van der Waals surface area contributed by atoms with E-state index >= 15 is 0 Å². The van der Waals surface area contributed by atoms with Gasteiger partial charge in [-0.05, 0) is 38.1 Å². The molecule has 0 bridgehead atoms. The maximum atomic E-state index is 12.2. The van der Waals surface area contributed by atoms with E-state index in [0.717, 1.165) is 45.2 Å². The number of hydrogen-bond acceptors (Lipinski definition) is 2. The van der Waals surface area contributed by atoms with Gasteiger partial charge in [0.1, 0.15) is 0 Å². The van der Waals surface area contributed by atoms with Gasteiger partial charge in [-0.1, -0.05) is 27.2 Å². The molecule has 0 aromatic rings. The fourth-order valence-corrected chi connectivity index (χ4v) is 2.40. The van der Waals surface area contributed by atoms with Gasteiger partial charge >= 0.3 is 0 Å². The van der Waals surface area contributed by atoms with Crippen molar-refractivity contribution in [1.82, 2.24) is 10.6 Å². The van der Waals surface area contributed by atoms with Crippen molar-refractivity contribution in [3.05, 3.63) is 0 Å². The van der Waals surface area contributed by atoms with Crippen molar-refractivity contribution in [2.75, 3.05) is 13.1 Å². The Morgan fingerprint density at radius 3 is 2.75 bits per heavy atom. The van der Waals surface area contributed by atoms with Gasteiger partial charge in [-0.15, -0.1) is 0 Å². The molecule has 1 heterocycles. The molecule has 0 radical (unpaired) electrons. The number of carbonyl (C=O) groups excluding carboxylic acids is 1. The first kappa shape index (κ1) is 13.5. The molecule has 0 saturated carbocycles. The zero-order chi connectivity index (χ0) is 12.0. The lowest BCUT2D eigenvalue weighted by Crippen LogP contribution is -2.53. The number of amides is 1. The van der Waals surface area contributed by atoms with Gasteiger partial charge in [-0.3, -0.25) is 4.79 Å². The Hall–Kier alpha value is -0.570. The van der Waals surface area contributed by atoms with Crippen LogP contribution in [0.2, 0.25) is 0 Å². The second-order valence-corrected chi connectivity index (χ2v) is 5.30. The summed E-state index contributed by atoms with van der Waals surface area (Å²) in [7, 11) is 0. The molecule has 1 unspecified atom stereocenters. The minimum Gasteiger partial charge on any atom is -0.354 e. The second-order valence-electron chi connectivity index (χ2n) is 5.30. The van der Waals surface area contributed by atoms with Gasteiger partial charge in [0.05, 0.1) is 5.54 Å². The first-order valence-corrected chi connectivity index (χ1v) is 6.64. The summed E-state index contributed by atoms with van der Waals surface area (Å²) in [4.78, 5) is 12.2. The Labute approximate surface area is 99.4 Å². The summed E-state index contributed by atoms with van der Waals surface area (Å²) in [6, 6.07) is 0. The van der Waals surface area contributed by atoms with Crippen LogP contribution in [-0.2, 0) is 4.79 Å². The van der Waals surface area contributed by atoms with E-state index < -0.39 is 0 Å². The Bertz CT molecular complexity index is 220. The molecule has 0 aromatic heterocycles. The summed E-state index contributed by atoms with van der Waals surface area (Å²) < 4.78 is 0. The third-order valence-electron chi connectivity index (χ3n) is 3.36.